The van der Waals surface area contributed by atoms with Crippen molar-refractivity contribution in [3.63, 3.8) is 0 Å². The third kappa shape index (κ3) is 3.97. The summed E-state index contributed by atoms with van der Waals surface area (Å²) in [5.41, 5.74) is 1.77. The molecule has 110 valence electrons. The third-order valence-electron chi connectivity index (χ3n) is 3.30. The van der Waals surface area contributed by atoms with Crippen molar-refractivity contribution < 1.29 is 13.6 Å². The van der Waals surface area contributed by atoms with Crippen molar-refractivity contribution in [3.8, 4) is 0 Å². The van der Waals surface area contributed by atoms with Crippen LogP contribution in [0.2, 0.25) is 0 Å². The first kappa shape index (κ1) is 15.4. The van der Waals surface area contributed by atoms with Crippen LogP contribution in [0.4, 0.5) is 8.78 Å². The number of ketones is 1. The molecule has 0 aliphatic carbocycles. The first-order chi connectivity index (χ1) is 9.97. The van der Waals surface area contributed by atoms with Crippen molar-refractivity contribution in [3.05, 3.63) is 70.8 Å². The predicted octanol–water partition coefficient (Wildman–Crippen LogP) is 4.59. The van der Waals surface area contributed by atoms with Gasteiger partial charge in [-0.2, -0.15) is 0 Å². The smallest absolute Gasteiger partial charge is 0.167 e. The molecule has 0 radical (unpaired) electrons. The molecule has 3 heteroatoms. The first-order valence-corrected chi connectivity index (χ1v) is 7.02. The molecule has 2 aromatic rings. The number of benzene rings is 2. The fourth-order valence-electron chi connectivity index (χ4n) is 2.26. The highest BCUT2D eigenvalue weighted by Gasteiger charge is 2.13. The molecular formula is C18H18F2O. The Morgan fingerprint density at radius 3 is 2.33 bits per heavy atom. The zero-order chi connectivity index (χ0) is 15.4. The predicted molar refractivity (Wildman–Crippen MR) is 79.4 cm³/mol. The summed E-state index contributed by atoms with van der Waals surface area (Å²) >= 11 is 0. The average molecular weight is 288 g/mol. The second kappa shape index (κ2) is 6.61. The van der Waals surface area contributed by atoms with Crippen LogP contribution >= 0.6 is 0 Å². The van der Waals surface area contributed by atoms with Crippen LogP contribution in [0, 0.1) is 17.6 Å². The molecule has 1 nitrogen and oxygen atoms in total. The third-order valence-corrected chi connectivity index (χ3v) is 3.30. The molecule has 0 saturated heterocycles. The molecule has 0 unspecified atom stereocenters. The van der Waals surface area contributed by atoms with Crippen molar-refractivity contribution in [2.45, 2.75) is 26.7 Å². The molecule has 21 heavy (non-hydrogen) atoms. The van der Waals surface area contributed by atoms with E-state index in [-0.39, 0.29) is 17.8 Å². The molecule has 0 fully saturated rings. The number of halogens is 2. The highest BCUT2D eigenvalue weighted by atomic mass is 19.2. The van der Waals surface area contributed by atoms with Gasteiger partial charge in [0, 0.05) is 12.0 Å². The largest absolute Gasteiger partial charge is 0.294 e. The molecule has 2 aromatic carbocycles. The van der Waals surface area contributed by atoms with Crippen LogP contribution < -0.4 is 0 Å². The molecule has 2 rings (SSSR count). The van der Waals surface area contributed by atoms with Gasteiger partial charge in [-0.1, -0.05) is 50.2 Å². The highest BCUT2D eigenvalue weighted by molar-refractivity contribution is 5.97. The van der Waals surface area contributed by atoms with Gasteiger partial charge in [0.1, 0.15) is 0 Å². The Morgan fingerprint density at radius 2 is 1.71 bits per heavy atom. The van der Waals surface area contributed by atoms with Crippen LogP contribution in [-0.2, 0) is 12.8 Å². The maximum atomic E-state index is 13.6. The summed E-state index contributed by atoms with van der Waals surface area (Å²) in [5.74, 6) is -1.53. The topological polar surface area (TPSA) is 17.1 Å². The SMILES string of the molecule is CC(C)Cc1ccc(C(=O)Cc2cccc(F)c2F)cc1. The van der Waals surface area contributed by atoms with E-state index < -0.39 is 11.6 Å². The molecule has 0 spiro atoms. The molecular weight excluding hydrogens is 270 g/mol. The Labute approximate surface area is 123 Å². The molecule has 0 saturated carbocycles. The average Bonchev–Trinajstić information content (AvgIpc) is 2.44. The first-order valence-electron chi connectivity index (χ1n) is 7.02. The summed E-state index contributed by atoms with van der Waals surface area (Å²) in [6.45, 7) is 4.26. The molecule has 0 amide bonds. The maximum absolute atomic E-state index is 13.6. The number of rotatable bonds is 5. The fourth-order valence-corrected chi connectivity index (χ4v) is 2.26. The van der Waals surface area contributed by atoms with Gasteiger partial charge >= 0.3 is 0 Å². The molecule has 0 aliphatic rings. The number of hydrogen-bond acceptors (Lipinski definition) is 1. The fraction of sp³-hybridized carbons (Fsp3) is 0.278. The van der Waals surface area contributed by atoms with Gasteiger partial charge in [0.25, 0.3) is 0 Å². The van der Waals surface area contributed by atoms with E-state index in [1.807, 2.05) is 12.1 Å². The minimum Gasteiger partial charge on any atom is -0.294 e. The zero-order valence-corrected chi connectivity index (χ0v) is 12.2. The Morgan fingerprint density at radius 1 is 1.05 bits per heavy atom. The summed E-state index contributed by atoms with van der Waals surface area (Å²) in [5, 5.41) is 0. The number of carbonyl (C=O) groups excluding carboxylic acids is 1. The second-order valence-corrected chi connectivity index (χ2v) is 5.61. The summed E-state index contributed by atoms with van der Waals surface area (Å²) in [6, 6.07) is 11.2. The van der Waals surface area contributed by atoms with E-state index in [0.717, 1.165) is 12.5 Å². The Kier molecular flexibility index (Phi) is 4.84. The van der Waals surface area contributed by atoms with E-state index in [1.165, 1.54) is 17.7 Å². The van der Waals surface area contributed by atoms with Crippen LogP contribution in [0.1, 0.15) is 35.3 Å². The standard InChI is InChI=1S/C18H18F2O/c1-12(2)10-13-6-8-14(9-7-13)17(21)11-15-4-3-5-16(19)18(15)20/h3-9,12H,10-11H2,1-2H3. The quantitative estimate of drug-likeness (QED) is 0.735. The molecule has 0 atom stereocenters. The molecule has 0 aliphatic heterocycles. The zero-order valence-electron chi connectivity index (χ0n) is 12.2. The van der Waals surface area contributed by atoms with Gasteiger partial charge in [-0.15, -0.1) is 0 Å². The van der Waals surface area contributed by atoms with Gasteiger partial charge in [-0.25, -0.2) is 8.78 Å². The Bertz CT molecular complexity index is 630. The Hall–Kier alpha value is -2.03. The van der Waals surface area contributed by atoms with E-state index in [0.29, 0.717) is 11.5 Å². The van der Waals surface area contributed by atoms with E-state index >= 15 is 0 Å². The van der Waals surface area contributed by atoms with Gasteiger partial charge in [0.05, 0.1) is 0 Å². The maximum Gasteiger partial charge on any atom is 0.167 e. The lowest BCUT2D eigenvalue weighted by atomic mass is 9.98. The van der Waals surface area contributed by atoms with Crippen LogP contribution in [-0.4, -0.2) is 5.78 Å². The summed E-state index contributed by atoms with van der Waals surface area (Å²) in [6.07, 6.45) is 0.820. The lowest BCUT2D eigenvalue weighted by molar-refractivity contribution is 0.0991. The van der Waals surface area contributed by atoms with Crippen molar-refractivity contribution in [1.82, 2.24) is 0 Å². The van der Waals surface area contributed by atoms with Gasteiger partial charge in [0.15, 0.2) is 17.4 Å². The van der Waals surface area contributed by atoms with Crippen molar-refractivity contribution >= 4 is 5.78 Å². The second-order valence-electron chi connectivity index (χ2n) is 5.61. The molecule has 0 aromatic heterocycles. The van der Waals surface area contributed by atoms with Crippen molar-refractivity contribution in [2.75, 3.05) is 0 Å². The lowest BCUT2D eigenvalue weighted by Gasteiger charge is -2.07. The number of hydrogen-bond donors (Lipinski definition) is 0. The van der Waals surface area contributed by atoms with Crippen LogP contribution in [0.3, 0.4) is 0 Å². The van der Waals surface area contributed by atoms with Gasteiger partial charge in [0.2, 0.25) is 0 Å². The van der Waals surface area contributed by atoms with Gasteiger partial charge < -0.3 is 0 Å². The summed E-state index contributed by atoms with van der Waals surface area (Å²) in [4.78, 5) is 12.1. The minimum atomic E-state index is -0.942. The van der Waals surface area contributed by atoms with Crippen LogP contribution in [0.5, 0.6) is 0 Å². The minimum absolute atomic E-state index is 0.0891. The molecule has 0 bridgehead atoms. The van der Waals surface area contributed by atoms with E-state index in [1.54, 1.807) is 12.1 Å². The Balaban J connectivity index is 2.11. The highest BCUT2D eigenvalue weighted by Crippen LogP contribution is 2.15. The van der Waals surface area contributed by atoms with E-state index in [9.17, 15) is 13.6 Å². The van der Waals surface area contributed by atoms with Crippen LogP contribution in [0.25, 0.3) is 0 Å². The summed E-state index contributed by atoms with van der Waals surface area (Å²) < 4.78 is 26.7. The summed E-state index contributed by atoms with van der Waals surface area (Å²) in [7, 11) is 0. The number of Topliss-reactive ketones (excluding diaryl/α,β-unsaturated/α-hetero) is 1. The number of carbonyl (C=O) groups is 1. The van der Waals surface area contributed by atoms with Crippen molar-refractivity contribution in [1.29, 1.82) is 0 Å². The normalized spacial score (nSPS) is 10.9. The molecule has 0 N–H and O–H groups in total. The molecule has 0 heterocycles. The lowest BCUT2D eigenvalue weighted by Crippen LogP contribution is -2.06. The van der Waals surface area contributed by atoms with E-state index in [4.69, 9.17) is 0 Å². The van der Waals surface area contributed by atoms with Gasteiger partial charge in [-0.05, 0) is 29.5 Å². The van der Waals surface area contributed by atoms with Gasteiger partial charge in [-0.3, -0.25) is 4.79 Å². The van der Waals surface area contributed by atoms with E-state index in [2.05, 4.69) is 13.8 Å². The van der Waals surface area contributed by atoms with Crippen LogP contribution in [0.15, 0.2) is 42.5 Å². The van der Waals surface area contributed by atoms with Crippen molar-refractivity contribution in [2.24, 2.45) is 5.92 Å². The monoisotopic (exact) mass is 288 g/mol.